The minimum atomic E-state index is -4.52. The molecule has 9 heteroatoms. The highest BCUT2D eigenvalue weighted by atomic mass is 19.4. The Morgan fingerprint density at radius 2 is 1.94 bits per heavy atom. The lowest BCUT2D eigenvalue weighted by Crippen LogP contribution is -2.49. The second kappa shape index (κ2) is 4.46. The van der Waals surface area contributed by atoms with Crippen LogP contribution in [-0.4, -0.2) is 47.6 Å². The summed E-state index contributed by atoms with van der Waals surface area (Å²) >= 11 is 0. The topological polar surface area (TPSA) is 78.5 Å². The van der Waals surface area contributed by atoms with Crippen LogP contribution >= 0.6 is 0 Å². The van der Waals surface area contributed by atoms with Crippen LogP contribution in [0.15, 0.2) is 0 Å². The van der Waals surface area contributed by atoms with Crippen LogP contribution in [0.1, 0.15) is 13.8 Å². The molecule has 1 heterocycles. The minimum Gasteiger partial charge on any atom is -0.345 e. The van der Waals surface area contributed by atoms with Crippen LogP contribution in [0, 0.1) is 0 Å². The molecular formula is C9H12F3N3O3. The van der Waals surface area contributed by atoms with E-state index in [0.29, 0.717) is 0 Å². The van der Waals surface area contributed by atoms with E-state index in [1.54, 1.807) is 5.32 Å². The highest BCUT2D eigenvalue weighted by Crippen LogP contribution is 2.20. The van der Waals surface area contributed by atoms with E-state index in [0.717, 1.165) is 4.90 Å². The second-order valence-electron chi connectivity index (χ2n) is 4.30. The minimum absolute atomic E-state index is 0.601. The Morgan fingerprint density at radius 3 is 2.33 bits per heavy atom. The highest BCUT2D eigenvalue weighted by molar-refractivity contribution is 6.07. The number of amides is 4. The van der Waals surface area contributed by atoms with Crippen LogP contribution in [0.25, 0.3) is 0 Å². The molecule has 2 N–H and O–H groups in total. The summed E-state index contributed by atoms with van der Waals surface area (Å²) in [4.78, 5) is 34.8. The molecule has 0 bridgehead atoms. The van der Waals surface area contributed by atoms with Gasteiger partial charge in [-0.2, -0.15) is 13.2 Å². The monoisotopic (exact) mass is 267 g/mol. The van der Waals surface area contributed by atoms with Crippen LogP contribution in [0.3, 0.4) is 0 Å². The molecule has 0 aromatic rings. The molecule has 1 fully saturated rings. The van der Waals surface area contributed by atoms with E-state index in [1.165, 1.54) is 13.8 Å². The number of alkyl halides is 3. The molecule has 1 saturated heterocycles. The van der Waals surface area contributed by atoms with E-state index in [4.69, 9.17) is 0 Å². The number of carbonyl (C=O) groups excluding carboxylic acids is 3. The Morgan fingerprint density at radius 1 is 1.39 bits per heavy atom. The molecule has 1 rings (SSSR count). The zero-order valence-corrected chi connectivity index (χ0v) is 9.72. The summed E-state index contributed by atoms with van der Waals surface area (Å²) in [6, 6.07) is -0.799. The quantitative estimate of drug-likeness (QED) is 0.706. The number of halogens is 3. The van der Waals surface area contributed by atoms with E-state index in [1.807, 2.05) is 5.32 Å². The van der Waals surface area contributed by atoms with Gasteiger partial charge in [0.2, 0.25) is 5.91 Å². The van der Waals surface area contributed by atoms with E-state index in [9.17, 15) is 27.6 Å². The van der Waals surface area contributed by atoms with E-state index >= 15 is 0 Å². The number of hydrogen-bond donors (Lipinski definition) is 2. The summed E-state index contributed by atoms with van der Waals surface area (Å²) in [6.45, 7) is 0.699. The van der Waals surface area contributed by atoms with E-state index in [-0.39, 0.29) is 0 Å². The predicted octanol–water partition coefficient (Wildman–Crippen LogP) is -0.00470. The fraction of sp³-hybridized carbons (Fsp3) is 0.667. The first-order valence-corrected chi connectivity index (χ1v) is 5.00. The number of nitrogens with zero attached hydrogens (tertiary/aromatic N) is 1. The number of hydrogen-bond acceptors (Lipinski definition) is 3. The lowest BCUT2D eigenvalue weighted by atomic mass is 10.0. The molecule has 0 unspecified atom stereocenters. The first-order valence-electron chi connectivity index (χ1n) is 5.00. The Labute approximate surface area is 100 Å². The van der Waals surface area contributed by atoms with Crippen LogP contribution in [0.4, 0.5) is 18.0 Å². The maximum Gasteiger partial charge on any atom is 0.405 e. The molecule has 18 heavy (non-hydrogen) atoms. The van der Waals surface area contributed by atoms with Crippen LogP contribution in [0.5, 0.6) is 0 Å². The first-order chi connectivity index (χ1) is 8.04. The van der Waals surface area contributed by atoms with Gasteiger partial charge in [-0.3, -0.25) is 14.9 Å². The smallest absolute Gasteiger partial charge is 0.345 e. The molecule has 102 valence electrons. The van der Waals surface area contributed by atoms with Crippen LogP contribution in [-0.2, 0) is 9.59 Å². The van der Waals surface area contributed by atoms with Crippen molar-refractivity contribution in [1.82, 2.24) is 15.5 Å². The van der Waals surface area contributed by atoms with Gasteiger partial charge in [0.05, 0.1) is 0 Å². The Hall–Kier alpha value is -1.80. The maximum absolute atomic E-state index is 11.9. The van der Waals surface area contributed by atoms with Gasteiger partial charge in [0, 0.05) is 0 Å². The van der Waals surface area contributed by atoms with Crippen molar-refractivity contribution in [2.24, 2.45) is 0 Å². The Balaban J connectivity index is 2.60. The zero-order chi connectivity index (χ0) is 14.1. The van der Waals surface area contributed by atoms with E-state index in [2.05, 4.69) is 0 Å². The molecule has 0 atom stereocenters. The van der Waals surface area contributed by atoms with Gasteiger partial charge in [-0.05, 0) is 13.8 Å². The highest BCUT2D eigenvalue weighted by Gasteiger charge is 2.46. The standard InChI is InChI=1S/C9H12F3N3O3/c1-8(2)6(17)14-7(18)15(8)3-5(16)13-4-9(10,11)12/h3-4H2,1-2H3,(H,13,16)(H,14,17,18). The molecule has 0 aliphatic carbocycles. The molecular weight excluding hydrogens is 255 g/mol. The van der Waals surface area contributed by atoms with Crippen molar-refractivity contribution in [2.75, 3.05) is 13.1 Å². The molecule has 4 amide bonds. The van der Waals surface area contributed by atoms with Gasteiger partial charge < -0.3 is 10.2 Å². The summed E-state index contributed by atoms with van der Waals surface area (Å²) in [5.41, 5.74) is -1.26. The molecule has 0 spiro atoms. The van der Waals surface area contributed by atoms with Crippen molar-refractivity contribution in [3.05, 3.63) is 0 Å². The molecule has 6 nitrogen and oxygen atoms in total. The van der Waals surface area contributed by atoms with E-state index < -0.39 is 42.7 Å². The molecule has 0 radical (unpaired) electrons. The number of nitrogens with one attached hydrogen (secondary N) is 2. The van der Waals surface area contributed by atoms with Crippen LogP contribution in [0.2, 0.25) is 0 Å². The van der Waals surface area contributed by atoms with Crippen molar-refractivity contribution in [3.8, 4) is 0 Å². The predicted molar refractivity (Wildman–Crippen MR) is 53.4 cm³/mol. The second-order valence-corrected chi connectivity index (χ2v) is 4.30. The maximum atomic E-state index is 11.9. The number of rotatable bonds is 3. The van der Waals surface area contributed by atoms with Gasteiger partial charge in [-0.25, -0.2) is 4.79 Å². The van der Waals surface area contributed by atoms with Gasteiger partial charge in [0.15, 0.2) is 0 Å². The summed E-state index contributed by atoms with van der Waals surface area (Å²) in [6.07, 6.45) is -4.52. The summed E-state index contributed by atoms with van der Waals surface area (Å²) < 4.78 is 35.6. The first kappa shape index (κ1) is 14.3. The average molecular weight is 267 g/mol. The molecule has 0 aromatic heterocycles. The third kappa shape index (κ3) is 3.11. The van der Waals surface area contributed by atoms with Gasteiger partial charge in [-0.1, -0.05) is 0 Å². The lowest BCUT2D eigenvalue weighted by molar-refractivity contribution is -0.139. The van der Waals surface area contributed by atoms with Crippen molar-refractivity contribution < 1.29 is 27.6 Å². The molecule has 0 aromatic carbocycles. The van der Waals surface area contributed by atoms with Crippen molar-refractivity contribution in [2.45, 2.75) is 25.6 Å². The van der Waals surface area contributed by atoms with Gasteiger partial charge >= 0.3 is 12.2 Å². The zero-order valence-electron chi connectivity index (χ0n) is 9.72. The Kier molecular flexibility index (Phi) is 3.54. The Bertz CT molecular complexity index is 392. The van der Waals surface area contributed by atoms with Gasteiger partial charge in [0.25, 0.3) is 5.91 Å². The van der Waals surface area contributed by atoms with Gasteiger partial charge in [0.1, 0.15) is 18.6 Å². The normalized spacial score (nSPS) is 18.8. The number of carbonyl (C=O) groups is 3. The summed E-state index contributed by atoms with van der Waals surface area (Å²) in [5.74, 6) is -1.58. The third-order valence-corrected chi connectivity index (χ3v) is 2.48. The van der Waals surface area contributed by atoms with Crippen molar-refractivity contribution >= 4 is 17.8 Å². The summed E-state index contributed by atoms with van der Waals surface area (Å²) in [7, 11) is 0. The van der Waals surface area contributed by atoms with Crippen molar-refractivity contribution in [1.29, 1.82) is 0 Å². The fourth-order valence-electron chi connectivity index (χ4n) is 1.36. The summed E-state index contributed by atoms with van der Waals surface area (Å²) in [5, 5.41) is 3.61. The number of imide groups is 1. The number of urea groups is 1. The lowest BCUT2D eigenvalue weighted by Gasteiger charge is -2.27. The van der Waals surface area contributed by atoms with Crippen LogP contribution < -0.4 is 10.6 Å². The molecule has 1 aliphatic rings. The average Bonchev–Trinajstić information content (AvgIpc) is 2.37. The largest absolute Gasteiger partial charge is 0.405 e. The van der Waals surface area contributed by atoms with Gasteiger partial charge in [-0.15, -0.1) is 0 Å². The third-order valence-electron chi connectivity index (χ3n) is 2.48. The molecule has 0 saturated carbocycles. The fourth-order valence-corrected chi connectivity index (χ4v) is 1.36. The SMILES string of the molecule is CC1(C)C(=O)NC(=O)N1CC(=O)NCC(F)(F)F. The molecule has 1 aliphatic heterocycles. The van der Waals surface area contributed by atoms with Crippen molar-refractivity contribution in [3.63, 3.8) is 0 Å².